The van der Waals surface area contributed by atoms with Gasteiger partial charge in [0, 0.05) is 25.3 Å². The monoisotopic (exact) mass is 284 g/mol. The van der Waals surface area contributed by atoms with E-state index < -0.39 is 5.97 Å². The highest BCUT2D eigenvalue weighted by Gasteiger charge is 2.11. The van der Waals surface area contributed by atoms with Crippen LogP contribution in [0.5, 0.6) is 0 Å². The van der Waals surface area contributed by atoms with Crippen LogP contribution in [0.2, 0.25) is 0 Å². The lowest BCUT2D eigenvalue weighted by atomic mass is 10.00. The summed E-state index contributed by atoms with van der Waals surface area (Å²) in [5, 5.41) is 9.08. The molecule has 0 aliphatic carbocycles. The van der Waals surface area contributed by atoms with Crippen molar-refractivity contribution in [1.82, 2.24) is 4.90 Å². The minimum Gasteiger partial charge on any atom is -0.478 e. The van der Waals surface area contributed by atoms with Crippen molar-refractivity contribution in [1.29, 1.82) is 0 Å². The first-order chi connectivity index (χ1) is 9.88. The van der Waals surface area contributed by atoms with E-state index in [4.69, 9.17) is 10.8 Å². The van der Waals surface area contributed by atoms with Gasteiger partial charge in [-0.15, -0.1) is 0 Å². The summed E-state index contributed by atoms with van der Waals surface area (Å²) in [4.78, 5) is 24.5. The molecule has 0 aromatic heterocycles. The second kappa shape index (κ2) is 5.66. The van der Waals surface area contributed by atoms with E-state index in [0.717, 1.165) is 5.56 Å². The minimum atomic E-state index is -1.04. The average Bonchev–Trinajstić information content (AvgIpc) is 2.45. The van der Waals surface area contributed by atoms with Crippen molar-refractivity contribution in [3.8, 4) is 11.1 Å². The predicted octanol–water partition coefficient (Wildman–Crippen LogP) is 2.34. The van der Waals surface area contributed by atoms with Crippen LogP contribution in [0.1, 0.15) is 20.7 Å². The van der Waals surface area contributed by atoms with Gasteiger partial charge in [-0.05, 0) is 41.5 Å². The number of anilines is 1. The number of nitrogens with zero attached hydrogens (tertiary/aromatic N) is 1. The Morgan fingerprint density at radius 3 is 2.29 bits per heavy atom. The van der Waals surface area contributed by atoms with E-state index in [1.807, 2.05) is 6.07 Å². The Balaban J connectivity index is 2.50. The molecule has 0 radical (unpaired) electrons. The summed E-state index contributed by atoms with van der Waals surface area (Å²) in [7, 11) is 3.36. The minimum absolute atomic E-state index is 0.112. The highest BCUT2D eigenvalue weighted by molar-refractivity contribution is 5.96. The molecule has 0 aliphatic heterocycles. The second-order valence-electron chi connectivity index (χ2n) is 4.93. The third kappa shape index (κ3) is 3.20. The molecule has 5 heteroatoms. The van der Waals surface area contributed by atoms with Gasteiger partial charge in [0.25, 0.3) is 5.91 Å². The molecule has 5 nitrogen and oxygen atoms in total. The molecular formula is C16H16N2O3. The first-order valence-electron chi connectivity index (χ1n) is 6.34. The molecule has 2 aromatic carbocycles. The quantitative estimate of drug-likeness (QED) is 0.847. The lowest BCUT2D eigenvalue weighted by molar-refractivity contribution is 0.0696. The number of rotatable bonds is 3. The predicted molar refractivity (Wildman–Crippen MR) is 81.3 cm³/mol. The number of benzene rings is 2. The number of carboxylic acid groups (broad SMARTS) is 1. The number of carboxylic acids is 1. The smallest absolute Gasteiger partial charge is 0.335 e. The van der Waals surface area contributed by atoms with Gasteiger partial charge in [0.05, 0.1) is 5.56 Å². The van der Waals surface area contributed by atoms with Crippen LogP contribution in [0.3, 0.4) is 0 Å². The SMILES string of the molecule is CN(C)C(=O)c1cccc(-c2cc(N)cc(C(=O)O)c2)c1. The van der Waals surface area contributed by atoms with Crippen LogP contribution in [0, 0.1) is 0 Å². The number of nitrogen functional groups attached to an aromatic ring is 1. The number of aromatic carboxylic acids is 1. The molecule has 0 spiro atoms. The fourth-order valence-corrected chi connectivity index (χ4v) is 2.03. The van der Waals surface area contributed by atoms with Crippen LogP contribution in [-0.4, -0.2) is 36.0 Å². The molecular weight excluding hydrogens is 268 g/mol. The maximum absolute atomic E-state index is 12.0. The third-order valence-corrected chi connectivity index (χ3v) is 3.05. The molecule has 108 valence electrons. The fraction of sp³-hybridized carbons (Fsp3) is 0.125. The van der Waals surface area contributed by atoms with E-state index in [1.165, 1.54) is 17.0 Å². The number of carbonyl (C=O) groups is 2. The highest BCUT2D eigenvalue weighted by atomic mass is 16.4. The molecule has 0 fully saturated rings. The Hall–Kier alpha value is -2.82. The van der Waals surface area contributed by atoms with Crippen molar-refractivity contribution in [2.24, 2.45) is 0 Å². The summed E-state index contributed by atoms with van der Waals surface area (Å²) in [6, 6.07) is 11.6. The van der Waals surface area contributed by atoms with Crippen molar-refractivity contribution in [3.63, 3.8) is 0 Å². The van der Waals surface area contributed by atoms with Crippen molar-refractivity contribution in [2.45, 2.75) is 0 Å². The van der Waals surface area contributed by atoms with Crippen molar-refractivity contribution in [3.05, 3.63) is 53.6 Å². The molecule has 0 unspecified atom stereocenters. The molecule has 3 N–H and O–H groups in total. The first-order valence-corrected chi connectivity index (χ1v) is 6.34. The van der Waals surface area contributed by atoms with Crippen LogP contribution in [-0.2, 0) is 0 Å². The number of hydrogen-bond acceptors (Lipinski definition) is 3. The van der Waals surface area contributed by atoms with Crippen LogP contribution >= 0.6 is 0 Å². The van der Waals surface area contributed by atoms with Gasteiger partial charge < -0.3 is 15.7 Å². The third-order valence-electron chi connectivity index (χ3n) is 3.05. The Morgan fingerprint density at radius 2 is 1.67 bits per heavy atom. The zero-order valence-electron chi connectivity index (χ0n) is 11.8. The van der Waals surface area contributed by atoms with Crippen LogP contribution in [0.25, 0.3) is 11.1 Å². The largest absolute Gasteiger partial charge is 0.478 e. The topological polar surface area (TPSA) is 83.6 Å². The van der Waals surface area contributed by atoms with E-state index in [-0.39, 0.29) is 11.5 Å². The molecule has 21 heavy (non-hydrogen) atoms. The van der Waals surface area contributed by atoms with E-state index in [1.54, 1.807) is 38.4 Å². The average molecular weight is 284 g/mol. The number of hydrogen-bond donors (Lipinski definition) is 2. The van der Waals surface area contributed by atoms with Gasteiger partial charge in [0.2, 0.25) is 0 Å². The van der Waals surface area contributed by atoms with Gasteiger partial charge in [-0.3, -0.25) is 4.79 Å². The number of nitrogens with two attached hydrogens (primary N) is 1. The Labute approximate surface area is 122 Å². The van der Waals surface area contributed by atoms with Gasteiger partial charge in [0.1, 0.15) is 0 Å². The van der Waals surface area contributed by atoms with Crippen molar-refractivity contribution >= 4 is 17.6 Å². The molecule has 0 saturated carbocycles. The Kier molecular flexibility index (Phi) is 3.93. The maximum atomic E-state index is 12.0. The zero-order valence-corrected chi connectivity index (χ0v) is 11.8. The lowest BCUT2D eigenvalue weighted by Gasteiger charge is -2.12. The Bertz CT molecular complexity index is 708. The molecule has 0 aliphatic rings. The second-order valence-corrected chi connectivity index (χ2v) is 4.93. The maximum Gasteiger partial charge on any atom is 0.335 e. The van der Waals surface area contributed by atoms with Gasteiger partial charge in [-0.25, -0.2) is 4.79 Å². The van der Waals surface area contributed by atoms with Gasteiger partial charge in [0.15, 0.2) is 0 Å². The first kappa shape index (κ1) is 14.6. The van der Waals surface area contributed by atoms with Crippen molar-refractivity contribution < 1.29 is 14.7 Å². The molecule has 1 amide bonds. The summed E-state index contributed by atoms with van der Waals surface area (Å²) in [5.74, 6) is -1.15. The van der Waals surface area contributed by atoms with E-state index in [9.17, 15) is 9.59 Å². The fourth-order valence-electron chi connectivity index (χ4n) is 2.03. The molecule has 2 rings (SSSR count). The highest BCUT2D eigenvalue weighted by Crippen LogP contribution is 2.25. The summed E-state index contributed by atoms with van der Waals surface area (Å²) >= 11 is 0. The summed E-state index contributed by atoms with van der Waals surface area (Å²) in [5.41, 5.74) is 8.19. The molecule has 2 aromatic rings. The van der Waals surface area contributed by atoms with Gasteiger partial charge in [-0.1, -0.05) is 12.1 Å². The van der Waals surface area contributed by atoms with Crippen LogP contribution in [0.15, 0.2) is 42.5 Å². The lowest BCUT2D eigenvalue weighted by Crippen LogP contribution is -2.21. The summed E-state index contributed by atoms with van der Waals surface area (Å²) < 4.78 is 0. The van der Waals surface area contributed by atoms with E-state index >= 15 is 0 Å². The molecule has 0 bridgehead atoms. The number of amides is 1. The van der Waals surface area contributed by atoms with Crippen LogP contribution in [0.4, 0.5) is 5.69 Å². The normalized spacial score (nSPS) is 10.2. The molecule has 0 atom stereocenters. The van der Waals surface area contributed by atoms with E-state index in [2.05, 4.69) is 0 Å². The van der Waals surface area contributed by atoms with Gasteiger partial charge in [-0.2, -0.15) is 0 Å². The van der Waals surface area contributed by atoms with Crippen LogP contribution < -0.4 is 5.73 Å². The molecule has 0 heterocycles. The van der Waals surface area contributed by atoms with E-state index in [0.29, 0.717) is 16.8 Å². The van der Waals surface area contributed by atoms with Crippen molar-refractivity contribution in [2.75, 3.05) is 19.8 Å². The number of carbonyl (C=O) groups excluding carboxylic acids is 1. The summed E-state index contributed by atoms with van der Waals surface area (Å²) in [6.45, 7) is 0. The van der Waals surface area contributed by atoms with Gasteiger partial charge >= 0.3 is 5.97 Å². The summed E-state index contributed by atoms with van der Waals surface area (Å²) in [6.07, 6.45) is 0. The standard InChI is InChI=1S/C16H16N2O3/c1-18(2)15(19)11-5-3-4-10(6-11)12-7-13(16(20)21)9-14(17)8-12/h3-9H,17H2,1-2H3,(H,20,21). The Morgan fingerprint density at radius 1 is 1.00 bits per heavy atom. The zero-order chi connectivity index (χ0) is 15.6. The molecule has 0 saturated heterocycles.